The zero-order valence-electron chi connectivity index (χ0n) is 22.3. The maximum absolute atomic E-state index is 13.8. The Morgan fingerprint density at radius 1 is 1.05 bits per heavy atom. The topological polar surface area (TPSA) is 86.3 Å². The Bertz CT molecular complexity index is 1150. The van der Waals surface area contributed by atoms with Crippen molar-refractivity contribution in [2.24, 2.45) is 10.9 Å². The summed E-state index contributed by atoms with van der Waals surface area (Å²) in [4.78, 5) is 36.0. The number of ether oxygens (including phenoxy) is 1. The highest BCUT2D eigenvalue weighted by Crippen LogP contribution is 2.34. The van der Waals surface area contributed by atoms with Gasteiger partial charge in [-0.2, -0.15) is 0 Å². The summed E-state index contributed by atoms with van der Waals surface area (Å²) in [6.07, 6.45) is 5.53. The van der Waals surface area contributed by atoms with E-state index in [1.54, 1.807) is 4.90 Å². The fraction of sp³-hybridized carbons (Fsp3) is 0.500. The number of para-hydroxylation sites is 1. The van der Waals surface area contributed by atoms with Crippen molar-refractivity contribution in [2.75, 3.05) is 43.1 Å². The number of amides is 3. The Labute approximate surface area is 225 Å². The van der Waals surface area contributed by atoms with Gasteiger partial charge in [-0.15, -0.1) is 0 Å². The van der Waals surface area contributed by atoms with Crippen LogP contribution in [0.1, 0.15) is 56.6 Å². The van der Waals surface area contributed by atoms with Crippen molar-refractivity contribution in [3.8, 4) is 0 Å². The molecule has 2 aromatic rings. The van der Waals surface area contributed by atoms with Crippen LogP contribution in [0.25, 0.3) is 0 Å². The molecule has 5 rings (SSSR count). The highest BCUT2D eigenvalue weighted by atomic mass is 16.5. The maximum atomic E-state index is 13.8. The van der Waals surface area contributed by atoms with Crippen LogP contribution < -0.4 is 15.5 Å². The quantitative estimate of drug-likeness (QED) is 0.553. The predicted molar refractivity (Wildman–Crippen MR) is 151 cm³/mol. The fourth-order valence-electron chi connectivity index (χ4n) is 5.76. The number of rotatable bonds is 7. The molecular formula is C30H39N5O3. The van der Waals surface area contributed by atoms with Crippen LogP contribution in [0.4, 0.5) is 16.2 Å². The maximum Gasteiger partial charge on any atom is 0.321 e. The Morgan fingerprint density at radius 2 is 1.84 bits per heavy atom. The number of anilines is 2. The molecule has 202 valence electrons. The van der Waals surface area contributed by atoms with Gasteiger partial charge >= 0.3 is 6.03 Å². The first-order chi connectivity index (χ1) is 18.6. The monoisotopic (exact) mass is 517 g/mol. The second-order valence-corrected chi connectivity index (χ2v) is 10.4. The highest BCUT2D eigenvalue weighted by molar-refractivity contribution is 6.14. The summed E-state index contributed by atoms with van der Waals surface area (Å²) in [5.74, 6) is 0.102. The van der Waals surface area contributed by atoms with Gasteiger partial charge in [0.25, 0.3) is 5.91 Å². The fourth-order valence-corrected chi connectivity index (χ4v) is 5.76. The number of morpholine rings is 1. The van der Waals surface area contributed by atoms with Gasteiger partial charge < -0.3 is 20.3 Å². The third-order valence-electron chi connectivity index (χ3n) is 7.64. The van der Waals surface area contributed by atoms with Crippen LogP contribution in [-0.4, -0.2) is 61.6 Å². The van der Waals surface area contributed by atoms with Crippen LogP contribution in [0.5, 0.6) is 0 Å². The smallest absolute Gasteiger partial charge is 0.321 e. The van der Waals surface area contributed by atoms with E-state index >= 15 is 0 Å². The van der Waals surface area contributed by atoms with Gasteiger partial charge in [0.15, 0.2) is 0 Å². The zero-order valence-corrected chi connectivity index (χ0v) is 22.3. The summed E-state index contributed by atoms with van der Waals surface area (Å²) in [6, 6.07) is 15.5. The van der Waals surface area contributed by atoms with Gasteiger partial charge in [-0.1, -0.05) is 56.5 Å². The summed E-state index contributed by atoms with van der Waals surface area (Å²) < 4.78 is 5.44. The first kappa shape index (κ1) is 26.4. The molecule has 0 unspecified atom stereocenters. The molecule has 0 bridgehead atoms. The van der Waals surface area contributed by atoms with E-state index in [-0.39, 0.29) is 5.91 Å². The number of aliphatic imine (C=N–C) groups is 1. The predicted octanol–water partition coefficient (Wildman–Crippen LogP) is 4.79. The van der Waals surface area contributed by atoms with Gasteiger partial charge in [-0.25, -0.2) is 4.79 Å². The minimum absolute atomic E-state index is 0.193. The molecule has 8 nitrogen and oxygen atoms in total. The van der Waals surface area contributed by atoms with Crippen LogP contribution >= 0.6 is 0 Å². The van der Waals surface area contributed by atoms with Crippen molar-refractivity contribution in [3.05, 3.63) is 59.7 Å². The van der Waals surface area contributed by atoms with E-state index < -0.39 is 12.2 Å². The Kier molecular flexibility index (Phi) is 8.71. The third-order valence-corrected chi connectivity index (χ3v) is 7.64. The molecule has 1 aliphatic carbocycles. The summed E-state index contributed by atoms with van der Waals surface area (Å²) in [7, 11) is 0. The molecule has 1 saturated carbocycles. The Morgan fingerprint density at radius 3 is 2.63 bits per heavy atom. The van der Waals surface area contributed by atoms with Gasteiger partial charge in [0.1, 0.15) is 0 Å². The number of hydrogen-bond donors (Lipinski definition) is 2. The summed E-state index contributed by atoms with van der Waals surface area (Å²) in [6.45, 7) is 6.74. The molecule has 1 saturated heterocycles. The number of nitrogens with zero attached hydrogens (tertiary/aromatic N) is 3. The van der Waals surface area contributed by atoms with Gasteiger partial charge in [0, 0.05) is 43.3 Å². The van der Waals surface area contributed by atoms with Crippen LogP contribution in [0, 0.1) is 5.92 Å². The van der Waals surface area contributed by atoms with E-state index in [2.05, 4.69) is 34.6 Å². The van der Waals surface area contributed by atoms with Crippen molar-refractivity contribution in [1.82, 2.24) is 10.2 Å². The standard InChI is InChI=1S/C30H39N5O3/c1-2-15-35-26-14-7-6-13-25(26)27(23-10-4-3-5-11-23)32-28(29(35)36)33-30(37)31-24-12-8-9-22(20-24)21-34-16-18-38-19-17-34/h6-9,12-14,20,23,28H,2-5,10-11,15-19,21H2,1H3,(H2,31,33,37)/t28-/m0/s1. The van der Waals surface area contributed by atoms with Crippen LogP contribution in [0.2, 0.25) is 0 Å². The number of benzene rings is 2. The van der Waals surface area contributed by atoms with Gasteiger partial charge in [0.05, 0.1) is 24.6 Å². The SMILES string of the molecule is CCCN1C(=O)[C@H](NC(=O)Nc2cccc(CN3CCOCC3)c2)N=C(C2CCCCC2)c2ccccc21. The molecule has 0 spiro atoms. The lowest BCUT2D eigenvalue weighted by atomic mass is 9.83. The highest BCUT2D eigenvalue weighted by Gasteiger charge is 2.34. The number of hydrogen-bond acceptors (Lipinski definition) is 5. The lowest BCUT2D eigenvalue weighted by molar-refractivity contribution is -0.120. The van der Waals surface area contributed by atoms with Crippen molar-refractivity contribution < 1.29 is 14.3 Å². The molecule has 2 aliphatic heterocycles. The molecule has 2 aromatic carbocycles. The minimum Gasteiger partial charge on any atom is -0.379 e. The lowest BCUT2D eigenvalue weighted by Gasteiger charge is -2.26. The molecule has 8 heteroatoms. The van der Waals surface area contributed by atoms with Gasteiger partial charge in [0.2, 0.25) is 6.17 Å². The number of urea groups is 1. The normalized spacial score (nSPS) is 20.9. The molecule has 3 amide bonds. The summed E-state index contributed by atoms with van der Waals surface area (Å²) in [5, 5.41) is 5.83. The van der Waals surface area contributed by atoms with E-state index in [0.717, 1.165) is 87.5 Å². The summed E-state index contributed by atoms with van der Waals surface area (Å²) in [5.41, 5.74) is 4.67. The molecule has 2 heterocycles. The molecule has 2 N–H and O–H groups in total. The third kappa shape index (κ3) is 6.25. The van der Waals surface area contributed by atoms with Crippen molar-refractivity contribution in [2.45, 2.75) is 58.2 Å². The average Bonchev–Trinajstić information content (AvgIpc) is 3.05. The van der Waals surface area contributed by atoms with Crippen molar-refractivity contribution in [3.63, 3.8) is 0 Å². The van der Waals surface area contributed by atoms with E-state index in [1.807, 2.05) is 36.4 Å². The van der Waals surface area contributed by atoms with E-state index in [0.29, 0.717) is 18.2 Å². The van der Waals surface area contributed by atoms with Crippen molar-refractivity contribution >= 4 is 29.0 Å². The van der Waals surface area contributed by atoms with E-state index in [1.165, 1.54) is 6.42 Å². The largest absolute Gasteiger partial charge is 0.379 e. The van der Waals surface area contributed by atoms with Crippen molar-refractivity contribution in [1.29, 1.82) is 0 Å². The lowest BCUT2D eigenvalue weighted by Crippen LogP contribution is -2.49. The number of nitrogens with one attached hydrogen (secondary N) is 2. The van der Waals surface area contributed by atoms with Gasteiger partial charge in [-0.3, -0.25) is 14.7 Å². The number of carbonyl (C=O) groups is 2. The Hall–Kier alpha value is -3.23. The van der Waals surface area contributed by atoms with E-state index in [9.17, 15) is 9.59 Å². The molecule has 1 atom stereocenters. The van der Waals surface area contributed by atoms with E-state index in [4.69, 9.17) is 9.73 Å². The first-order valence-corrected chi connectivity index (χ1v) is 14.1. The van der Waals surface area contributed by atoms with Crippen LogP contribution in [-0.2, 0) is 16.1 Å². The molecule has 3 aliphatic rings. The number of benzodiazepines with no additional fused rings is 1. The number of carbonyl (C=O) groups excluding carboxylic acids is 2. The minimum atomic E-state index is -0.970. The average molecular weight is 518 g/mol. The van der Waals surface area contributed by atoms with Crippen LogP contribution in [0.15, 0.2) is 53.5 Å². The second-order valence-electron chi connectivity index (χ2n) is 10.4. The second kappa shape index (κ2) is 12.5. The molecule has 2 fully saturated rings. The summed E-state index contributed by atoms with van der Waals surface area (Å²) >= 11 is 0. The molecular weight excluding hydrogens is 478 g/mol. The Balaban J connectivity index is 1.35. The number of fused-ring (bicyclic) bond motifs is 1. The van der Waals surface area contributed by atoms with Gasteiger partial charge in [-0.05, 0) is 43.0 Å². The van der Waals surface area contributed by atoms with Crippen LogP contribution in [0.3, 0.4) is 0 Å². The zero-order chi connectivity index (χ0) is 26.3. The molecule has 38 heavy (non-hydrogen) atoms. The molecule has 0 aromatic heterocycles. The molecule has 0 radical (unpaired) electrons. The first-order valence-electron chi connectivity index (χ1n) is 14.1.